The van der Waals surface area contributed by atoms with E-state index in [9.17, 15) is 5.11 Å². The van der Waals surface area contributed by atoms with E-state index in [4.69, 9.17) is 8.85 Å². The zero-order valence-electron chi connectivity index (χ0n) is 18.2. The summed E-state index contributed by atoms with van der Waals surface area (Å²) >= 11 is 0. The van der Waals surface area contributed by atoms with Gasteiger partial charge in [-0.15, -0.1) is 0 Å². The highest BCUT2D eigenvalue weighted by molar-refractivity contribution is 6.74. The van der Waals surface area contributed by atoms with Crippen molar-refractivity contribution in [1.82, 2.24) is 0 Å². The Morgan fingerprint density at radius 2 is 1.29 bits per heavy atom. The fraction of sp³-hybridized carbons (Fsp3) is 1.00. The summed E-state index contributed by atoms with van der Waals surface area (Å²) in [5.74, 6) is 0.354. The Kier molecular flexibility index (Phi) is 8.92. The van der Waals surface area contributed by atoms with Crippen LogP contribution in [0.4, 0.5) is 0 Å². The zero-order valence-corrected chi connectivity index (χ0v) is 20.2. The molecule has 0 spiro atoms. The molecule has 0 saturated heterocycles. The summed E-state index contributed by atoms with van der Waals surface area (Å²) in [6.45, 7) is 26.0. The van der Waals surface area contributed by atoms with Gasteiger partial charge in [0.25, 0.3) is 0 Å². The standard InChI is InChI=1S/C19H44O3Si2/c1-16(12-14-20)17(22-24(10,11)19(5,6)7)13-15-21-23(8,9)18(2,3)4/h16-17,20H,12-15H2,1-11H3/t16-,17-/m1/s1. The first-order valence-corrected chi connectivity index (χ1v) is 15.3. The molecule has 0 aliphatic heterocycles. The van der Waals surface area contributed by atoms with Crippen LogP contribution in [0.25, 0.3) is 0 Å². The number of hydrogen-bond donors (Lipinski definition) is 1. The maximum Gasteiger partial charge on any atom is 0.192 e. The summed E-state index contributed by atoms with van der Waals surface area (Å²) in [4.78, 5) is 0. The van der Waals surface area contributed by atoms with Gasteiger partial charge in [0.15, 0.2) is 16.6 Å². The Hall–Kier alpha value is 0.314. The van der Waals surface area contributed by atoms with Crippen molar-refractivity contribution in [2.45, 2.75) is 104 Å². The number of aliphatic hydroxyl groups is 1. The van der Waals surface area contributed by atoms with Crippen LogP contribution < -0.4 is 0 Å². The Balaban J connectivity index is 4.94. The van der Waals surface area contributed by atoms with Crippen LogP contribution in [0.15, 0.2) is 0 Å². The maximum atomic E-state index is 9.34. The van der Waals surface area contributed by atoms with Gasteiger partial charge in [-0.05, 0) is 55.0 Å². The molecule has 2 atom stereocenters. The van der Waals surface area contributed by atoms with Gasteiger partial charge in [-0.25, -0.2) is 0 Å². The summed E-state index contributed by atoms with van der Waals surface area (Å²) in [5, 5.41) is 9.77. The molecular weight excluding hydrogens is 332 g/mol. The minimum atomic E-state index is -1.82. The molecule has 0 radical (unpaired) electrons. The monoisotopic (exact) mass is 376 g/mol. The predicted octanol–water partition coefficient (Wildman–Crippen LogP) is 5.81. The lowest BCUT2D eigenvalue weighted by molar-refractivity contribution is 0.0828. The molecule has 1 N–H and O–H groups in total. The summed E-state index contributed by atoms with van der Waals surface area (Å²) < 4.78 is 13.0. The summed E-state index contributed by atoms with van der Waals surface area (Å²) in [6, 6.07) is 0. The van der Waals surface area contributed by atoms with Gasteiger partial charge in [0.05, 0.1) is 0 Å². The van der Waals surface area contributed by atoms with Gasteiger partial charge in [-0.2, -0.15) is 0 Å². The molecule has 0 bridgehead atoms. The molecule has 0 aliphatic carbocycles. The van der Waals surface area contributed by atoms with Crippen LogP contribution in [0.2, 0.25) is 36.3 Å². The van der Waals surface area contributed by atoms with Crippen molar-refractivity contribution in [2.75, 3.05) is 13.2 Å². The van der Waals surface area contributed by atoms with Crippen LogP contribution in [0.3, 0.4) is 0 Å². The first-order valence-electron chi connectivity index (χ1n) is 9.48. The first-order chi connectivity index (χ1) is 10.5. The van der Waals surface area contributed by atoms with E-state index in [1.54, 1.807) is 0 Å². The van der Waals surface area contributed by atoms with E-state index >= 15 is 0 Å². The van der Waals surface area contributed by atoms with Crippen LogP contribution in [0, 0.1) is 5.92 Å². The first kappa shape index (κ1) is 24.3. The second-order valence-electron chi connectivity index (χ2n) is 10.3. The van der Waals surface area contributed by atoms with Gasteiger partial charge in [0, 0.05) is 19.3 Å². The lowest BCUT2D eigenvalue weighted by atomic mass is 9.99. The van der Waals surface area contributed by atoms with Gasteiger partial charge in [-0.3, -0.25) is 0 Å². The van der Waals surface area contributed by atoms with Crippen molar-refractivity contribution in [2.24, 2.45) is 5.92 Å². The normalized spacial score (nSPS) is 17.0. The highest BCUT2D eigenvalue weighted by atomic mass is 28.4. The predicted molar refractivity (Wildman–Crippen MR) is 111 cm³/mol. The highest BCUT2D eigenvalue weighted by Gasteiger charge is 2.41. The molecule has 0 saturated carbocycles. The largest absolute Gasteiger partial charge is 0.417 e. The van der Waals surface area contributed by atoms with E-state index in [0.29, 0.717) is 5.92 Å². The van der Waals surface area contributed by atoms with Crippen LogP contribution in [-0.2, 0) is 8.85 Å². The molecule has 3 nitrogen and oxygen atoms in total. The van der Waals surface area contributed by atoms with Gasteiger partial charge in [0.2, 0.25) is 0 Å². The van der Waals surface area contributed by atoms with E-state index < -0.39 is 16.6 Å². The molecular formula is C19H44O3Si2. The van der Waals surface area contributed by atoms with E-state index in [0.717, 1.165) is 19.4 Å². The number of aliphatic hydroxyl groups excluding tert-OH is 1. The van der Waals surface area contributed by atoms with Gasteiger partial charge < -0.3 is 14.0 Å². The summed E-state index contributed by atoms with van der Waals surface area (Å²) in [6.07, 6.45) is 1.88. The molecule has 0 heterocycles. The third kappa shape index (κ3) is 7.28. The molecule has 0 aliphatic rings. The van der Waals surface area contributed by atoms with Crippen molar-refractivity contribution in [3.05, 3.63) is 0 Å². The van der Waals surface area contributed by atoms with Crippen molar-refractivity contribution in [1.29, 1.82) is 0 Å². The third-order valence-corrected chi connectivity index (χ3v) is 15.2. The van der Waals surface area contributed by atoms with Crippen LogP contribution in [-0.4, -0.2) is 41.1 Å². The molecule has 146 valence electrons. The molecule has 0 aromatic rings. The maximum absolute atomic E-state index is 9.34. The molecule has 5 heteroatoms. The Labute approximate surface area is 153 Å². The minimum absolute atomic E-state index is 0.169. The van der Waals surface area contributed by atoms with Crippen LogP contribution in [0.1, 0.15) is 61.3 Å². The van der Waals surface area contributed by atoms with Gasteiger partial charge in [-0.1, -0.05) is 48.5 Å². The van der Waals surface area contributed by atoms with E-state index in [1.165, 1.54) is 0 Å². The molecule has 0 aromatic heterocycles. The second-order valence-corrected chi connectivity index (χ2v) is 19.9. The number of hydrogen-bond acceptors (Lipinski definition) is 3. The Morgan fingerprint density at radius 3 is 1.67 bits per heavy atom. The lowest BCUT2D eigenvalue weighted by Crippen LogP contribution is -2.46. The van der Waals surface area contributed by atoms with Crippen LogP contribution >= 0.6 is 0 Å². The fourth-order valence-electron chi connectivity index (χ4n) is 2.05. The molecule has 24 heavy (non-hydrogen) atoms. The molecule has 0 amide bonds. The molecule has 0 fully saturated rings. The average Bonchev–Trinajstić information content (AvgIpc) is 2.34. The molecule has 0 aromatic carbocycles. The van der Waals surface area contributed by atoms with E-state index in [1.807, 2.05) is 0 Å². The minimum Gasteiger partial charge on any atom is -0.417 e. The fourth-order valence-corrected chi connectivity index (χ4v) is 4.57. The zero-order chi connectivity index (χ0) is 19.4. The third-order valence-electron chi connectivity index (χ3n) is 6.14. The quantitative estimate of drug-likeness (QED) is 0.516. The van der Waals surface area contributed by atoms with Crippen molar-refractivity contribution < 1.29 is 14.0 Å². The Morgan fingerprint density at radius 1 is 0.833 bits per heavy atom. The molecule has 0 rings (SSSR count). The smallest absolute Gasteiger partial charge is 0.192 e. The highest BCUT2D eigenvalue weighted by Crippen LogP contribution is 2.39. The van der Waals surface area contributed by atoms with Gasteiger partial charge >= 0.3 is 0 Å². The SMILES string of the molecule is C[C@H](CCO)[C@@H](CCO[Si](C)(C)C(C)(C)C)O[Si](C)(C)C(C)(C)C. The van der Waals surface area contributed by atoms with Crippen molar-refractivity contribution in [3.63, 3.8) is 0 Å². The Bertz CT molecular complexity index is 368. The summed E-state index contributed by atoms with van der Waals surface area (Å²) in [7, 11) is -3.53. The van der Waals surface area contributed by atoms with Crippen molar-refractivity contribution in [3.8, 4) is 0 Å². The van der Waals surface area contributed by atoms with Gasteiger partial charge in [0.1, 0.15) is 0 Å². The molecule has 0 unspecified atom stereocenters. The van der Waals surface area contributed by atoms with Crippen LogP contribution in [0.5, 0.6) is 0 Å². The average molecular weight is 377 g/mol. The van der Waals surface area contributed by atoms with Crippen molar-refractivity contribution >= 4 is 16.6 Å². The topological polar surface area (TPSA) is 38.7 Å². The van der Waals surface area contributed by atoms with E-state index in [-0.39, 0.29) is 22.8 Å². The van der Waals surface area contributed by atoms with E-state index in [2.05, 4.69) is 74.7 Å². The number of rotatable bonds is 9. The summed E-state index contributed by atoms with van der Waals surface area (Å²) in [5.41, 5.74) is 0. The second kappa shape index (κ2) is 8.80. The lowest BCUT2D eigenvalue weighted by Gasteiger charge is -2.42.